The topological polar surface area (TPSA) is 89.1 Å². The molecule has 0 spiro atoms. The maximum atomic E-state index is 13.7. The molecule has 9 nitrogen and oxygen atoms in total. The van der Waals surface area contributed by atoms with Crippen LogP contribution in [0.4, 0.5) is 42.4 Å². The molecule has 0 radical (unpaired) electrons. The van der Waals surface area contributed by atoms with Gasteiger partial charge in [-0.25, -0.2) is 9.37 Å². The number of amides is 1. The van der Waals surface area contributed by atoms with E-state index in [0.717, 1.165) is 43.3 Å². The average molecular weight is 674 g/mol. The Morgan fingerprint density at radius 2 is 1.40 bits per heavy atom. The Bertz CT molecular complexity index is 1460. The fraction of sp³-hybridized carbons (Fsp3) is 0.452. The van der Waals surface area contributed by atoms with Crippen LogP contribution in [0.1, 0.15) is 30.5 Å². The zero-order valence-corrected chi connectivity index (χ0v) is 25.8. The molecular formula is C31H34F7N5O4. The highest BCUT2D eigenvalue weighted by Crippen LogP contribution is 2.40. The van der Waals surface area contributed by atoms with Crippen molar-refractivity contribution in [3.63, 3.8) is 0 Å². The van der Waals surface area contributed by atoms with Gasteiger partial charge in [-0.2, -0.15) is 31.3 Å². The lowest BCUT2D eigenvalue weighted by Crippen LogP contribution is -2.42. The number of nitrogens with one attached hydrogen (secondary N) is 1. The second-order valence-corrected chi connectivity index (χ2v) is 11.2. The number of ether oxygens (including phenoxy) is 3. The van der Waals surface area contributed by atoms with Crippen LogP contribution in [0.5, 0.6) is 11.6 Å². The minimum atomic E-state index is -5.08. The van der Waals surface area contributed by atoms with E-state index in [1.807, 2.05) is 0 Å². The maximum absolute atomic E-state index is 13.7. The minimum absolute atomic E-state index is 0.000605. The summed E-state index contributed by atoms with van der Waals surface area (Å²) in [5.41, 5.74) is -5.46. The molecule has 2 aromatic carbocycles. The molecule has 47 heavy (non-hydrogen) atoms. The van der Waals surface area contributed by atoms with Gasteiger partial charge in [-0.1, -0.05) is 0 Å². The monoisotopic (exact) mass is 673 g/mol. The van der Waals surface area contributed by atoms with Gasteiger partial charge in [-0.15, -0.1) is 0 Å². The average Bonchev–Trinajstić information content (AvgIpc) is 3.05. The standard InChI is InChI=1S/C27H25F7N4O3.C4H9NO/c1-25(2,16-12-17(26(29,30)31)14-18(13-16)27(32,33)34)23(39)37(3)21-15-35-24(38-8-10-40-11-9-38)36-22(21)41-20-6-4-19(28)5-7-20;1-3-6-4-2-5-1/h4-7,12-15H,8-11H2,1-3H3;5H,1-4H2. The zero-order valence-electron chi connectivity index (χ0n) is 25.8. The fourth-order valence-electron chi connectivity index (χ4n) is 4.67. The number of carbonyl (C=O) groups excluding carboxylic acids is 1. The normalized spacial score (nSPS) is 15.8. The second-order valence-electron chi connectivity index (χ2n) is 11.2. The predicted octanol–water partition coefficient (Wildman–Crippen LogP) is 5.83. The number of nitrogens with zero attached hydrogens (tertiary/aromatic N) is 4. The number of benzene rings is 2. The van der Waals surface area contributed by atoms with Crippen LogP contribution in [-0.4, -0.2) is 75.5 Å². The van der Waals surface area contributed by atoms with E-state index in [2.05, 4.69) is 15.3 Å². The molecule has 2 aliphatic rings. The Labute approximate surface area is 266 Å². The van der Waals surface area contributed by atoms with Gasteiger partial charge in [0.2, 0.25) is 17.7 Å². The summed E-state index contributed by atoms with van der Waals surface area (Å²) < 4.78 is 111. The third kappa shape index (κ3) is 9.29. The lowest BCUT2D eigenvalue weighted by Gasteiger charge is -2.32. The summed E-state index contributed by atoms with van der Waals surface area (Å²) in [6, 6.07) is 5.97. The molecule has 16 heteroatoms. The second kappa shape index (κ2) is 14.8. The van der Waals surface area contributed by atoms with Gasteiger partial charge in [0.05, 0.1) is 49.2 Å². The van der Waals surface area contributed by atoms with Gasteiger partial charge >= 0.3 is 12.4 Å². The molecule has 0 saturated carbocycles. The molecule has 0 bridgehead atoms. The van der Waals surface area contributed by atoms with Crippen LogP contribution >= 0.6 is 0 Å². The number of hydrogen-bond acceptors (Lipinski definition) is 8. The van der Waals surface area contributed by atoms with E-state index in [9.17, 15) is 35.5 Å². The molecule has 3 heterocycles. The largest absolute Gasteiger partial charge is 0.437 e. The van der Waals surface area contributed by atoms with Crippen LogP contribution in [-0.2, 0) is 32.0 Å². The van der Waals surface area contributed by atoms with E-state index in [-0.39, 0.29) is 29.3 Å². The molecular weight excluding hydrogens is 639 g/mol. The highest BCUT2D eigenvalue weighted by atomic mass is 19.4. The number of halogens is 7. The Kier molecular flexibility index (Phi) is 11.3. The van der Waals surface area contributed by atoms with Crippen molar-refractivity contribution in [3.05, 3.63) is 71.2 Å². The SMILES string of the molecule is C1COCCN1.CN(C(=O)C(C)(C)c1cc(C(F)(F)F)cc(C(F)(F)F)c1)c1cnc(N2CCOCC2)nc1Oc1ccc(F)cc1. The van der Waals surface area contributed by atoms with Gasteiger partial charge in [0.1, 0.15) is 17.3 Å². The summed E-state index contributed by atoms with van der Waals surface area (Å²) in [5, 5.41) is 3.16. The number of morpholine rings is 2. The van der Waals surface area contributed by atoms with Crippen molar-refractivity contribution >= 4 is 17.5 Å². The number of likely N-dealkylation sites (N-methyl/N-ethyl adjacent to an activating group) is 1. The summed E-state index contributed by atoms with van der Waals surface area (Å²) in [6.07, 6.45) is -8.90. The number of hydrogen-bond donors (Lipinski definition) is 1. The van der Waals surface area contributed by atoms with Crippen molar-refractivity contribution in [2.45, 2.75) is 31.6 Å². The van der Waals surface area contributed by atoms with Crippen LogP contribution in [0.3, 0.4) is 0 Å². The van der Waals surface area contributed by atoms with Crippen LogP contribution in [0.15, 0.2) is 48.7 Å². The van der Waals surface area contributed by atoms with Gasteiger partial charge in [-0.3, -0.25) is 4.79 Å². The Balaban J connectivity index is 0.000000748. The van der Waals surface area contributed by atoms with Crippen molar-refractivity contribution in [1.82, 2.24) is 15.3 Å². The van der Waals surface area contributed by atoms with Crippen molar-refractivity contribution in [3.8, 4) is 11.6 Å². The first-order valence-corrected chi connectivity index (χ1v) is 14.6. The van der Waals surface area contributed by atoms with Crippen molar-refractivity contribution in [1.29, 1.82) is 0 Å². The van der Waals surface area contributed by atoms with Crippen molar-refractivity contribution < 1.29 is 49.7 Å². The quantitative estimate of drug-likeness (QED) is 0.328. The molecule has 1 N–H and O–H groups in total. The van der Waals surface area contributed by atoms with E-state index in [1.54, 1.807) is 4.90 Å². The lowest BCUT2D eigenvalue weighted by molar-refractivity contribution is -0.143. The maximum Gasteiger partial charge on any atom is 0.416 e. The smallest absolute Gasteiger partial charge is 0.416 e. The minimum Gasteiger partial charge on any atom is -0.437 e. The third-order valence-electron chi connectivity index (χ3n) is 7.40. The molecule has 1 aromatic heterocycles. The third-order valence-corrected chi connectivity index (χ3v) is 7.40. The highest BCUT2D eigenvalue weighted by molar-refractivity contribution is 6.01. The number of aromatic nitrogens is 2. The molecule has 2 aliphatic heterocycles. The summed E-state index contributed by atoms with van der Waals surface area (Å²) in [4.78, 5) is 25.2. The molecule has 3 aromatic rings. The molecule has 0 unspecified atom stereocenters. The highest BCUT2D eigenvalue weighted by Gasteiger charge is 2.41. The van der Waals surface area contributed by atoms with Crippen LogP contribution in [0.2, 0.25) is 0 Å². The van der Waals surface area contributed by atoms with E-state index in [0.29, 0.717) is 38.4 Å². The molecule has 2 saturated heterocycles. The molecule has 0 aliphatic carbocycles. The van der Waals surface area contributed by atoms with E-state index in [1.165, 1.54) is 39.2 Å². The van der Waals surface area contributed by atoms with Gasteiger partial charge in [0.25, 0.3) is 0 Å². The van der Waals surface area contributed by atoms with Gasteiger partial charge in [0.15, 0.2) is 0 Å². The first-order chi connectivity index (χ1) is 22.1. The van der Waals surface area contributed by atoms with E-state index >= 15 is 0 Å². The van der Waals surface area contributed by atoms with Crippen LogP contribution in [0.25, 0.3) is 0 Å². The summed E-state index contributed by atoms with van der Waals surface area (Å²) in [7, 11) is 1.27. The van der Waals surface area contributed by atoms with Gasteiger partial charge < -0.3 is 29.3 Å². The summed E-state index contributed by atoms with van der Waals surface area (Å²) >= 11 is 0. The predicted molar refractivity (Wildman–Crippen MR) is 158 cm³/mol. The Morgan fingerprint density at radius 1 is 0.872 bits per heavy atom. The first-order valence-electron chi connectivity index (χ1n) is 14.6. The van der Waals surface area contributed by atoms with Gasteiger partial charge in [-0.05, 0) is 61.9 Å². The molecule has 2 fully saturated rings. The summed E-state index contributed by atoms with van der Waals surface area (Å²) in [6.45, 7) is 8.03. The fourth-order valence-corrected chi connectivity index (χ4v) is 4.67. The molecule has 5 rings (SSSR count). The zero-order chi connectivity index (χ0) is 34.4. The first kappa shape index (κ1) is 35.8. The molecule has 1 amide bonds. The van der Waals surface area contributed by atoms with E-state index in [4.69, 9.17) is 14.2 Å². The lowest BCUT2D eigenvalue weighted by atomic mass is 9.81. The molecule has 0 atom stereocenters. The van der Waals surface area contributed by atoms with Crippen molar-refractivity contribution in [2.24, 2.45) is 0 Å². The van der Waals surface area contributed by atoms with E-state index < -0.39 is 46.2 Å². The summed E-state index contributed by atoms with van der Waals surface area (Å²) in [5.74, 6) is -1.13. The van der Waals surface area contributed by atoms with Crippen molar-refractivity contribution in [2.75, 3.05) is 69.5 Å². The Morgan fingerprint density at radius 3 is 1.89 bits per heavy atom. The Hall–Kier alpha value is -4.02. The van der Waals surface area contributed by atoms with Gasteiger partial charge in [0, 0.05) is 33.2 Å². The number of rotatable bonds is 6. The molecule has 256 valence electrons. The number of alkyl halides is 6. The van der Waals surface area contributed by atoms with Crippen LogP contribution in [0, 0.1) is 5.82 Å². The van der Waals surface area contributed by atoms with Crippen LogP contribution < -0.4 is 19.9 Å². The number of carbonyl (C=O) groups is 1. The number of anilines is 2.